The van der Waals surface area contributed by atoms with E-state index in [9.17, 15) is 4.79 Å². The van der Waals surface area contributed by atoms with E-state index < -0.39 is 0 Å². The van der Waals surface area contributed by atoms with Gasteiger partial charge in [0.2, 0.25) is 5.91 Å². The molecule has 1 amide bonds. The summed E-state index contributed by atoms with van der Waals surface area (Å²) in [4.78, 5) is 15.6. The minimum atomic E-state index is 0.253. The highest BCUT2D eigenvalue weighted by molar-refractivity contribution is 7.99. The summed E-state index contributed by atoms with van der Waals surface area (Å²) in [5, 5.41) is 0. The molecule has 0 saturated carbocycles. The second kappa shape index (κ2) is 7.54. The van der Waals surface area contributed by atoms with Crippen LogP contribution in [0.25, 0.3) is 0 Å². The first-order chi connectivity index (χ1) is 10.8. The smallest absolute Gasteiger partial charge is 0.223 e. The molecule has 22 heavy (non-hydrogen) atoms. The molecule has 4 heteroatoms. The number of aryl methyl sites for hydroxylation is 1. The molecule has 1 aliphatic rings. The van der Waals surface area contributed by atoms with E-state index in [0.29, 0.717) is 18.8 Å². The van der Waals surface area contributed by atoms with E-state index in [2.05, 4.69) is 24.3 Å². The van der Waals surface area contributed by atoms with E-state index in [1.54, 1.807) is 6.26 Å². The Labute approximate surface area is 135 Å². The summed E-state index contributed by atoms with van der Waals surface area (Å²) in [5.41, 5.74) is 0. The Hall–Kier alpha value is -1.68. The zero-order chi connectivity index (χ0) is 15.2. The lowest BCUT2D eigenvalue weighted by atomic mass is 10.2. The van der Waals surface area contributed by atoms with Crippen LogP contribution in [0.15, 0.2) is 58.0 Å². The van der Waals surface area contributed by atoms with Crippen LogP contribution in [0, 0.1) is 5.92 Å². The zero-order valence-electron chi connectivity index (χ0n) is 12.6. The molecule has 0 spiro atoms. The SMILES string of the molecule is O=C(CCc1ccco1)N1CC[C@@H](CSc2ccccc2)C1. The molecule has 2 aromatic rings. The van der Waals surface area contributed by atoms with Gasteiger partial charge in [-0.15, -0.1) is 11.8 Å². The van der Waals surface area contributed by atoms with Crippen molar-refractivity contribution in [3.63, 3.8) is 0 Å². The van der Waals surface area contributed by atoms with Crippen LogP contribution in [-0.4, -0.2) is 29.6 Å². The molecule has 1 fully saturated rings. The molecule has 2 heterocycles. The highest BCUT2D eigenvalue weighted by Crippen LogP contribution is 2.26. The number of furan rings is 1. The predicted molar refractivity (Wildman–Crippen MR) is 88.9 cm³/mol. The molecule has 3 rings (SSSR count). The third-order valence-corrected chi connectivity index (χ3v) is 5.28. The maximum absolute atomic E-state index is 12.2. The Balaban J connectivity index is 1.40. The molecular formula is C18H21NO2S. The van der Waals surface area contributed by atoms with Crippen LogP contribution in [0.2, 0.25) is 0 Å². The van der Waals surface area contributed by atoms with Crippen molar-refractivity contribution in [3.8, 4) is 0 Å². The van der Waals surface area contributed by atoms with E-state index in [1.165, 1.54) is 4.90 Å². The summed E-state index contributed by atoms with van der Waals surface area (Å²) in [6.45, 7) is 1.80. The molecular weight excluding hydrogens is 294 g/mol. The standard InChI is InChI=1S/C18H21NO2S/c20-18(9-8-16-5-4-12-21-16)19-11-10-15(13-19)14-22-17-6-2-1-3-7-17/h1-7,12,15H,8-11,13-14H2/t15-/m1/s1. The van der Waals surface area contributed by atoms with E-state index in [-0.39, 0.29) is 5.91 Å². The lowest BCUT2D eigenvalue weighted by Crippen LogP contribution is -2.29. The summed E-state index contributed by atoms with van der Waals surface area (Å²) < 4.78 is 5.28. The van der Waals surface area contributed by atoms with Crippen LogP contribution >= 0.6 is 11.8 Å². The van der Waals surface area contributed by atoms with E-state index in [0.717, 1.165) is 31.0 Å². The molecule has 0 aliphatic carbocycles. The highest BCUT2D eigenvalue weighted by atomic mass is 32.2. The molecule has 0 unspecified atom stereocenters. The second-order valence-corrected chi connectivity index (χ2v) is 6.79. The van der Waals surface area contributed by atoms with Crippen molar-refractivity contribution in [2.45, 2.75) is 24.2 Å². The largest absolute Gasteiger partial charge is 0.469 e. The van der Waals surface area contributed by atoms with Crippen molar-refractivity contribution in [2.75, 3.05) is 18.8 Å². The van der Waals surface area contributed by atoms with Gasteiger partial charge in [0.15, 0.2) is 0 Å². The van der Waals surface area contributed by atoms with Gasteiger partial charge in [-0.2, -0.15) is 0 Å². The molecule has 1 aromatic heterocycles. The number of rotatable bonds is 6. The summed E-state index contributed by atoms with van der Waals surface area (Å²) in [5.74, 6) is 2.84. The maximum atomic E-state index is 12.2. The Bertz CT molecular complexity index is 582. The van der Waals surface area contributed by atoms with Gasteiger partial charge in [-0.1, -0.05) is 18.2 Å². The van der Waals surface area contributed by atoms with Crippen LogP contribution in [-0.2, 0) is 11.2 Å². The van der Waals surface area contributed by atoms with E-state index in [4.69, 9.17) is 4.42 Å². The number of hydrogen-bond donors (Lipinski definition) is 0. The quantitative estimate of drug-likeness (QED) is 0.759. The van der Waals surface area contributed by atoms with Crippen LogP contribution in [0.4, 0.5) is 0 Å². The van der Waals surface area contributed by atoms with E-state index >= 15 is 0 Å². The summed E-state index contributed by atoms with van der Waals surface area (Å²) >= 11 is 1.89. The first-order valence-corrected chi connectivity index (χ1v) is 8.78. The van der Waals surface area contributed by atoms with Gasteiger partial charge in [-0.3, -0.25) is 4.79 Å². The monoisotopic (exact) mass is 315 g/mol. The Morgan fingerprint density at radius 1 is 1.23 bits per heavy atom. The number of carbonyl (C=O) groups excluding carboxylic acids is 1. The summed E-state index contributed by atoms with van der Waals surface area (Å²) in [6.07, 6.45) is 4.02. The number of benzene rings is 1. The molecule has 0 bridgehead atoms. The summed E-state index contributed by atoms with van der Waals surface area (Å²) in [7, 11) is 0. The van der Waals surface area contributed by atoms with Crippen LogP contribution < -0.4 is 0 Å². The van der Waals surface area contributed by atoms with Crippen LogP contribution in [0.3, 0.4) is 0 Å². The van der Waals surface area contributed by atoms with E-state index in [1.807, 2.05) is 34.9 Å². The number of hydrogen-bond acceptors (Lipinski definition) is 3. The number of amides is 1. The molecule has 1 saturated heterocycles. The lowest BCUT2D eigenvalue weighted by molar-refractivity contribution is -0.130. The first kappa shape index (κ1) is 15.2. The molecule has 1 aliphatic heterocycles. The topological polar surface area (TPSA) is 33.5 Å². The van der Waals surface area contributed by atoms with Gasteiger partial charge in [0, 0.05) is 36.6 Å². The fourth-order valence-corrected chi connectivity index (χ4v) is 3.82. The van der Waals surface area contributed by atoms with Crippen LogP contribution in [0.1, 0.15) is 18.6 Å². The molecule has 116 valence electrons. The number of nitrogens with zero attached hydrogens (tertiary/aromatic N) is 1. The summed E-state index contributed by atoms with van der Waals surface area (Å²) in [6, 6.07) is 14.3. The van der Waals surface area contributed by atoms with Gasteiger partial charge in [-0.25, -0.2) is 0 Å². The highest BCUT2D eigenvalue weighted by Gasteiger charge is 2.25. The van der Waals surface area contributed by atoms with Gasteiger partial charge >= 0.3 is 0 Å². The molecule has 3 nitrogen and oxygen atoms in total. The van der Waals surface area contributed by atoms with Crippen molar-refractivity contribution in [1.82, 2.24) is 4.90 Å². The average Bonchev–Trinajstić information content (AvgIpc) is 3.23. The molecule has 0 radical (unpaired) electrons. The Kier molecular flexibility index (Phi) is 5.22. The van der Waals surface area contributed by atoms with Crippen molar-refractivity contribution < 1.29 is 9.21 Å². The second-order valence-electron chi connectivity index (χ2n) is 5.70. The van der Waals surface area contributed by atoms with Crippen molar-refractivity contribution in [1.29, 1.82) is 0 Å². The van der Waals surface area contributed by atoms with Gasteiger partial charge in [0.1, 0.15) is 5.76 Å². The number of thioether (sulfide) groups is 1. The van der Waals surface area contributed by atoms with Crippen molar-refractivity contribution >= 4 is 17.7 Å². The third-order valence-electron chi connectivity index (χ3n) is 4.03. The average molecular weight is 315 g/mol. The minimum Gasteiger partial charge on any atom is -0.469 e. The van der Waals surface area contributed by atoms with Crippen molar-refractivity contribution in [3.05, 3.63) is 54.5 Å². The molecule has 1 aromatic carbocycles. The number of likely N-dealkylation sites (tertiary alicyclic amines) is 1. The Morgan fingerprint density at radius 2 is 2.09 bits per heavy atom. The Morgan fingerprint density at radius 3 is 2.86 bits per heavy atom. The normalized spacial score (nSPS) is 17.8. The third kappa shape index (κ3) is 4.17. The fourth-order valence-electron chi connectivity index (χ4n) is 2.77. The van der Waals surface area contributed by atoms with Gasteiger partial charge < -0.3 is 9.32 Å². The van der Waals surface area contributed by atoms with Gasteiger partial charge in [-0.05, 0) is 36.6 Å². The van der Waals surface area contributed by atoms with Crippen LogP contribution in [0.5, 0.6) is 0 Å². The van der Waals surface area contributed by atoms with Crippen molar-refractivity contribution in [2.24, 2.45) is 5.92 Å². The minimum absolute atomic E-state index is 0.253. The number of carbonyl (C=O) groups is 1. The first-order valence-electron chi connectivity index (χ1n) is 7.79. The molecule has 0 N–H and O–H groups in total. The predicted octanol–water partition coefficient (Wildman–Crippen LogP) is 3.85. The maximum Gasteiger partial charge on any atom is 0.223 e. The lowest BCUT2D eigenvalue weighted by Gasteiger charge is -2.16. The zero-order valence-corrected chi connectivity index (χ0v) is 13.4. The molecule has 1 atom stereocenters. The van der Waals surface area contributed by atoms with Gasteiger partial charge in [0.05, 0.1) is 6.26 Å². The fraction of sp³-hybridized carbons (Fsp3) is 0.389. The van der Waals surface area contributed by atoms with Gasteiger partial charge in [0.25, 0.3) is 0 Å².